The molecule has 2 N–H and O–H groups in total. The maximum Gasteiger partial charge on any atom is 0.320 e. The van der Waals surface area contributed by atoms with Gasteiger partial charge in [0.2, 0.25) is 0 Å². The third-order valence-corrected chi connectivity index (χ3v) is 4.75. The topological polar surface area (TPSA) is 49.3 Å². The third kappa shape index (κ3) is 3.56. The van der Waals surface area contributed by atoms with Gasteiger partial charge in [-0.2, -0.15) is 0 Å². The van der Waals surface area contributed by atoms with Crippen molar-refractivity contribution in [3.8, 4) is 0 Å². The fourth-order valence-corrected chi connectivity index (χ4v) is 3.35. The van der Waals surface area contributed by atoms with Crippen molar-refractivity contribution in [1.29, 1.82) is 0 Å². The number of carboxylic acid groups (broad SMARTS) is 1. The summed E-state index contributed by atoms with van der Waals surface area (Å²) in [7, 11) is 0. The smallest absolute Gasteiger partial charge is 0.320 e. The molecule has 0 spiro atoms. The van der Waals surface area contributed by atoms with Crippen LogP contribution in [0.1, 0.15) is 37.5 Å². The Morgan fingerprint density at radius 3 is 2.78 bits per heavy atom. The summed E-state index contributed by atoms with van der Waals surface area (Å²) >= 11 is 1.67. The zero-order valence-electron chi connectivity index (χ0n) is 10.8. The predicted molar refractivity (Wildman–Crippen MR) is 73.7 cm³/mol. The molecule has 1 atom stereocenters. The van der Waals surface area contributed by atoms with Gasteiger partial charge in [-0.05, 0) is 36.1 Å². The van der Waals surface area contributed by atoms with E-state index in [0.29, 0.717) is 12.5 Å². The summed E-state index contributed by atoms with van der Waals surface area (Å²) in [5, 5.41) is 14.6. The highest BCUT2D eigenvalue weighted by atomic mass is 32.1. The van der Waals surface area contributed by atoms with Crippen LogP contribution in [0.5, 0.6) is 0 Å². The van der Waals surface area contributed by atoms with Crippen molar-refractivity contribution in [2.24, 2.45) is 11.8 Å². The Morgan fingerprint density at radius 2 is 2.22 bits per heavy atom. The summed E-state index contributed by atoms with van der Waals surface area (Å²) in [6, 6.07) is 3.65. The van der Waals surface area contributed by atoms with Gasteiger partial charge in [-0.1, -0.05) is 25.8 Å². The Morgan fingerprint density at radius 1 is 1.50 bits per heavy atom. The summed E-state index contributed by atoms with van der Waals surface area (Å²) in [6.45, 7) is 2.92. The summed E-state index contributed by atoms with van der Waals surface area (Å²) < 4.78 is 0. The molecule has 1 heterocycles. The second-order valence-electron chi connectivity index (χ2n) is 5.30. The Bertz CT molecular complexity index is 369. The minimum absolute atomic E-state index is 0.290. The highest BCUT2D eigenvalue weighted by Crippen LogP contribution is 2.30. The summed E-state index contributed by atoms with van der Waals surface area (Å²) in [4.78, 5) is 12.6. The Kier molecular flexibility index (Phi) is 4.78. The minimum Gasteiger partial charge on any atom is -0.480 e. The number of aliphatic carboxylic acids is 1. The lowest BCUT2D eigenvalue weighted by atomic mass is 9.79. The van der Waals surface area contributed by atoms with Crippen molar-refractivity contribution < 1.29 is 9.90 Å². The van der Waals surface area contributed by atoms with E-state index in [4.69, 9.17) is 0 Å². The van der Waals surface area contributed by atoms with E-state index in [0.717, 1.165) is 31.6 Å². The van der Waals surface area contributed by atoms with E-state index in [1.54, 1.807) is 11.3 Å². The highest BCUT2D eigenvalue weighted by Gasteiger charge is 2.30. The first-order valence-electron chi connectivity index (χ1n) is 6.65. The molecule has 0 amide bonds. The molecule has 1 fully saturated rings. The zero-order valence-corrected chi connectivity index (χ0v) is 11.6. The van der Waals surface area contributed by atoms with Gasteiger partial charge in [0.05, 0.1) is 0 Å². The molecule has 1 saturated carbocycles. The lowest BCUT2D eigenvalue weighted by Gasteiger charge is -2.30. The number of nitrogens with one attached hydrogen (secondary N) is 1. The number of thiophene rings is 1. The maximum atomic E-state index is 11.4. The third-order valence-electron chi connectivity index (χ3n) is 3.87. The number of hydrogen-bond donors (Lipinski definition) is 2. The van der Waals surface area contributed by atoms with Crippen LogP contribution in [0.15, 0.2) is 17.5 Å². The van der Waals surface area contributed by atoms with E-state index in [1.807, 2.05) is 17.5 Å². The van der Waals surface area contributed by atoms with Crippen LogP contribution in [0.25, 0.3) is 0 Å². The van der Waals surface area contributed by atoms with E-state index in [2.05, 4.69) is 12.2 Å². The van der Waals surface area contributed by atoms with Gasteiger partial charge in [-0.15, -0.1) is 11.3 Å². The van der Waals surface area contributed by atoms with Gasteiger partial charge in [-0.25, -0.2) is 0 Å². The van der Waals surface area contributed by atoms with Crippen molar-refractivity contribution in [3.05, 3.63) is 22.4 Å². The SMILES string of the molecule is CC1CCC(C(NCc2cccs2)C(=O)O)CC1. The van der Waals surface area contributed by atoms with Crippen molar-refractivity contribution >= 4 is 17.3 Å². The fourth-order valence-electron chi connectivity index (χ4n) is 2.70. The molecule has 3 nitrogen and oxygen atoms in total. The van der Waals surface area contributed by atoms with E-state index in [9.17, 15) is 9.90 Å². The molecule has 0 aliphatic heterocycles. The second-order valence-corrected chi connectivity index (χ2v) is 6.33. The van der Waals surface area contributed by atoms with Gasteiger partial charge in [0.25, 0.3) is 0 Å². The summed E-state index contributed by atoms with van der Waals surface area (Å²) in [6.07, 6.45) is 4.40. The van der Waals surface area contributed by atoms with E-state index >= 15 is 0 Å². The Balaban J connectivity index is 1.89. The maximum absolute atomic E-state index is 11.4. The normalized spacial score (nSPS) is 25.8. The number of carbonyl (C=O) groups is 1. The van der Waals surface area contributed by atoms with Crippen LogP contribution in [-0.2, 0) is 11.3 Å². The molecule has 2 rings (SSSR count). The van der Waals surface area contributed by atoms with Crippen molar-refractivity contribution in [2.45, 2.75) is 45.2 Å². The average molecular weight is 267 g/mol. The molecule has 0 bridgehead atoms. The van der Waals surface area contributed by atoms with Crippen LogP contribution in [0.4, 0.5) is 0 Å². The molecule has 4 heteroatoms. The fraction of sp³-hybridized carbons (Fsp3) is 0.643. The largest absolute Gasteiger partial charge is 0.480 e. The zero-order chi connectivity index (χ0) is 13.0. The second kappa shape index (κ2) is 6.34. The summed E-state index contributed by atoms with van der Waals surface area (Å²) in [5.41, 5.74) is 0. The average Bonchev–Trinajstić information content (AvgIpc) is 2.84. The number of carboxylic acids is 1. The molecular formula is C14H21NO2S. The highest BCUT2D eigenvalue weighted by molar-refractivity contribution is 7.09. The lowest BCUT2D eigenvalue weighted by Crippen LogP contribution is -2.43. The molecule has 18 heavy (non-hydrogen) atoms. The molecule has 1 aromatic rings. The van der Waals surface area contributed by atoms with Crippen molar-refractivity contribution in [3.63, 3.8) is 0 Å². The van der Waals surface area contributed by atoms with Gasteiger partial charge in [-0.3, -0.25) is 10.1 Å². The monoisotopic (exact) mass is 267 g/mol. The van der Waals surface area contributed by atoms with Gasteiger partial charge in [0.15, 0.2) is 0 Å². The standard InChI is InChI=1S/C14H21NO2S/c1-10-4-6-11(7-5-10)13(14(16)17)15-9-12-3-2-8-18-12/h2-3,8,10-11,13,15H,4-7,9H2,1H3,(H,16,17). The Hall–Kier alpha value is -0.870. The van der Waals surface area contributed by atoms with Gasteiger partial charge < -0.3 is 5.11 Å². The molecule has 1 aromatic heterocycles. The van der Waals surface area contributed by atoms with Crippen LogP contribution in [0.3, 0.4) is 0 Å². The number of hydrogen-bond acceptors (Lipinski definition) is 3. The molecule has 0 saturated heterocycles. The van der Waals surface area contributed by atoms with Gasteiger partial charge in [0.1, 0.15) is 6.04 Å². The first-order chi connectivity index (χ1) is 8.66. The van der Waals surface area contributed by atoms with E-state index in [-0.39, 0.29) is 6.04 Å². The first-order valence-corrected chi connectivity index (χ1v) is 7.53. The molecule has 0 aromatic carbocycles. The molecular weight excluding hydrogens is 246 g/mol. The lowest BCUT2D eigenvalue weighted by molar-refractivity contribution is -0.141. The molecule has 0 radical (unpaired) electrons. The van der Waals surface area contributed by atoms with Crippen LogP contribution in [-0.4, -0.2) is 17.1 Å². The molecule has 100 valence electrons. The molecule has 1 aliphatic carbocycles. The van der Waals surface area contributed by atoms with E-state index < -0.39 is 5.97 Å². The van der Waals surface area contributed by atoms with Crippen molar-refractivity contribution in [2.75, 3.05) is 0 Å². The number of rotatable bonds is 5. The van der Waals surface area contributed by atoms with Crippen LogP contribution < -0.4 is 5.32 Å². The van der Waals surface area contributed by atoms with Gasteiger partial charge in [0, 0.05) is 11.4 Å². The summed E-state index contributed by atoms with van der Waals surface area (Å²) in [5.74, 6) is 0.345. The van der Waals surface area contributed by atoms with E-state index in [1.165, 1.54) is 4.88 Å². The Labute approximate surface area is 112 Å². The quantitative estimate of drug-likeness (QED) is 0.861. The molecule has 1 unspecified atom stereocenters. The van der Waals surface area contributed by atoms with Crippen LogP contribution in [0.2, 0.25) is 0 Å². The van der Waals surface area contributed by atoms with Crippen LogP contribution in [0, 0.1) is 11.8 Å². The predicted octanol–water partition coefficient (Wildman–Crippen LogP) is 3.12. The van der Waals surface area contributed by atoms with Crippen LogP contribution >= 0.6 is 11.3 Å². The minimum atomic E-state index is -0.703. The van der Waals surface area contributed by atoms with Gasteiger partial charge >= 0.3 is 5.97 Å². The van der Waals surface area contributed by atoms with Crippen molar-refractivity contribution in [1.82, 2.24) is 5.32 Å². The molecule has 1 aliphatic rings. The first kappa shape index (κ1) is 13.6.